The van der Waals surface area contributed by atoms with Crippen molar-refractivity contribution in [3.63, 3.8) is 0 Å². The molecule has 0 bridgehead atoms. The van der Waals surface area contributed by atoms with Crippen LogP contribution in [0.15, 0.2) is 0 Å². The molecule has 110 valence electrons. The second-order valence-electron chi connectivity index (χ2n) is 5.98. The van der Waals surface area contributed by atoms with Gasteiger partial charge in [-0.3, -0.25) is 16.0 Å². The predicted octanol–water partition coefficient (Wildman–Crippen LogP) is 1.82. The van der Waals surface area contributed by atoms with Gasteiger partial charge in [-0.05, 0) is 18.8 Å². The summed E-state index contributed by atoms with van der Waals surface area (Å²) in [7, 11) is 3.54. The predicted molar refractivity (Wildman–Crippen MR) is 78.0 cm³/mol. The number of ether oxygens (including phenoxy) is 1. The van der Waals surface area contributed by atoms with Gasteiger partial charge in [0.05, 0.1) is 17.8 Å². The summed E-state index contributed by atoms with van der Waals surface area (Å²) in [6.45, 7) is 8.34. The monoisotopic (exact) mass is 288 g/mol. The number of halogens is 1. The summed E-state index contributed by atoms with van der Waals surface area (Å²) in [5.74, 6) is 5.70. The standard InChI is InChI=1S/C13H25ClN4O/c1-8-9(12(14)18(5)17-8)7-10(16-15)11(19-6)13(2,3)4/h10-11,16H,7,15H2,1-6H3. The van der Waals surface area contributed by atoms with Gasteiger partial charge in [-0.15, -0.1) is 0 Å². The lowest BCUT2D eigenvalue weighted by atomic mass is 9.82. The number of nitrogens with zero attached hydrogens (tertiary/aromatic N) is 2. The Labute approximate surface area is 120 Å². The van der Waals surface area contributed by atoms with Gasteiger partial charge in [0.25, 0.3) is 0 Å². The third kappa shape index (κ3) is 3.69. The number of hydrogen-bond acceptors (Lipinski definition) is 4. The minimum absolute atomic E-state index is 0.0195. The van der Waals surface area contributed by atoms with Crippen molar-refractivity contribution in [2.45, 2.75) is 46.3 Å². The van der Waals surface area contributed by atoms with E-state index in [1.807, 2.05) is 14.0 Å². The van der Waals surface area contributed by atoms with Gasteiger partial charge < -0.3 is 4.74 Å². The summed E-state index contributed by atoms with van der Waals surface area (Å²) in [6, 6.07) is -0.0228. The molecule has 1 heterocycles. The van der Waals surface area contributed by atoms with Crippen molar-refractivity contribution < 1.29 is 4.74 Å². The van der Waals surface area contributed by atoms with E-state index in [9.17, 15) is 0 Å². The second kappa shape index (κ2) is 6.22. The van der Waals surface area contributed by atoms with Crippen molar-refractivity contribution in [3.8, 4) is 0 Å². The first-order valence-electron chi connectivity index (χ1n) is 6.39. The number of rotatable bonds is 5. The molecule has 0 radical (unpaired) electrons. The van der Waals surface area contributed by atoms with Crippen LogP contribution in [0.25, 0.3) is 0 Å². The lowest BCUT2D eigenvalue weighted by Crippen LogP contribution is -2.51. The molecule has 0 spiro atoms. The number of nitrogens with two attached hydrogens (primary N) is 1. The van der Waals surface area contributed by atoms with Gasteiger partial charge in [-0.2, -0.15) is 5.10 Å². The van der Waals surface area contributed by atoms with E-state index in [2.05, 4.69) is 31.3 Å². The lowest BCUT2D eigenvalue weighted by Gasteiger charge is -2.35. The van der Waals surface area contributed by atoms with Crippen LogP contribution >= 0.6 is 11.6 Å². The fourth-order valence-electron chi connectivity index (χ4n) is 2.50. The first-order chi connectivity index (χ1) is 8.72. The molecular weight excluding hydrogens is 264 g/mol. The SMILES string of the molecule is COC(C(Cc1c(C)nn(C)c1Cl)NN)C(C)(C)C. The third-order valence-corrected chi connectivity index (χ3v) is 3.85. The number of aromatic nitrogens is 2. The van der Waals surface area contributed by atoms with Gasteiger partial charge in [0.15, 0.2) is 0 Å². The quantitative estimate of drug-likeness (QED) is 0.641. The molecule has 5 nitrogen and oxygen atoms in total. The van der Waals surface area contributed by atoms with Crippen LogP contribution in [0.2, 0.25) is 5.15 Å². The first kappa shape index (κ1) is 16.4. The first-order valence-corrected chi connectivity index (χ1v) is 6.77. The molecule has 1 aromatic rings. The molecule has 1 rings (SSSR count). The van der Waals surface area contributed by atoms with Crippen molar-refractivity contribution in [1.82, 2.24) is 15.2 Å². The Balaban J connectivity index is 2.99. The van der Waals surface area contributed by atoms with Gasteiger partial charge in [0.1, 0.15) is 5.15 Å². The largest absolute Gasteiger partial charge is 0.379 e. The highest BCUT2D eigenvalue weighted by molar-refractivity contribution is 6.30. The number of hydrogen-bond donors (Lipinski definition) is 2. The van der Waals surface area contributed by atoms with Crippen molar-refractivity contribution in [2.75, 3.05) is 7.11 Å². The second-order valence-corrected chi connectivity index (χ2v) is 6.34. The van der Waals surface area contributed by atoms with E-state index in [1.165, 1.54) is 0 Å². The molecule has 0 amide bonds. The summed E-state index contributed by atoms with van der Waals surface area (Å²) >= 11 is 6.27. The zero-order chi connectivity index (χ0) is 14.8. The van der Waals surface area contributed by atoms with Crippen LogP contribution in [-0.2, 0) is 18.2 Å². The molecule has 0 aliphatic heterocycles. The molecule has 2 unspecified atom stereocenters. The van der Waals surface area contributed by atoms with Crippen LogP contribution < -0.4 is 11.3 Å². The molecule has 0 saturated heterocycles. The van der Waals surface area contributed by atoms with E-state index in [1.54, 1.807) is 11.8 Å². The van der Waals surface area contributed by atoms with Gasteiger partial charge in [-0.1, -0.05) is 32.4 Å². The molecule has 1 aromatic heterocycles. The van der Waals surface area contributed by atoms with E-state index in [-0.39, 0.29) is 17.6 Å². The maximum atomic E-state index is 6.27. The normalized spacial score (nSPS) is 15.6. The Morgan fingerprint density at radius 1 is 1.47 bits per heavy atom. The average Bonchev–Trinajstić information content (AvgIpc) is 2.53. The fourth-order valence-corrected chi connectivity index (χ4v) is 2.75. The highest BCUT2D eigenvalue weighted by Gasteiger charge is 2.33. The van der Waals surface area contributed by atoms with Gasteiger partial charge in [0, 0.05) is 19.7 Å². The molecule has 0 aliphatic rings. The van der Waals surface area contributed by atoms with Crippen LogP contribution in [0.5, 0.6) is 0 Å². The van der Waals surface area contributed by atoms with E-state index in [0.717, 1.165) is 11.3 Å². The Bertz CT molecular complexity index is 425. The highest BCUT2D eigenvalue weighted by Crippen LogP contribution is 2.28. The summed E-state index contributed by atoms with van der Waals surface area (Å²) in [6.07, 6.45) is 0.665. The van der Waals surface area contributed by atoms with E-state index < -0.39 is 0 Å². The summed E-state index contributed by atoms with van der Waals surface area (Å²) in [5.41, 5.74) is 4.77. The summed E-state index contributed by atoms with van der Waals surface area (Å²) in [5, 5.41) is 4.97. The Morgan fingerprint density at radius 2 is 2.05 bits per heavy atom. The minimum Gasteiger partial charge on any atom is -0.379 e. The van der Waals surface area contributed by atoms with Crippen molar-refractivity contribution in [1.29, 1.82) is 0 Å². The molecule has 0 aromatic carbocycles. The molecule has 19 heavy (non-hydrogen) atoms. The highest BCUT2D eigenvalue weighted by atomic mass is 35.5. The molecule has 2 atom stereocenters. The van der Waals surface area contributed by atoms with E-state index in [4.69, 9.17) is 22.2 Å². The smallest absolute Gasteiger partial charge is 0.130 e. The number of hydrazine groups is 1. The Morgan fingerprint density at radius 3 is 2.37 bits per heavy atom. The van der Waals surface area contributed by atoms with Crippen LogP contribution in [-0.4, -0.2) is 29.0 Å². The van der Waals surface area contributed by atoms with Crippen LogP contribution in [0.3, 0.4) is 0 Å². The van der Waals surface area contributed by atoms with Gasteiger partial charge >= 0.3 is 0 Å². The molecule has 3 N–H and O–H groups in total. The Kier molecular flexibility index (Phi) is 5.38. The van der Waals surface area contributed by atoms with E-state index in [0.29, 0.717) is 11.6 Å². The average molecular weight is 289 g/mol. The zero-order valence-electron chi connectivity index (χ0n) is 12.6. The number of nitrogens with one attached hydrogen (secondary N) is 1. The molecule has 6 heteroatoms. The number of methoxy groups -OCH3 is 1. The van der Waals surface area contributed by atoms with Crippen molar-refractivity contribution in [2.24, 2.45) is 18.3 Å². The third-order valence-electron chi connectivity index (χ3n) is 3.38. The maximum absolute atomic E-state index is 6.27. The van der Waals surface area contributed by atoms with Gasteiger partial charge in [0.2, 0.25) is 0 Å². The maximum Gasteiger partial charge on any atom is 0.130 e. The van der Waals surface area contributed by atoms with Crippen molar-refractivity contribution >= 4 is 11.6 Å². The lowest BCUT2D eigenvalue weighted by molar-refractivity contribution is -0.0110. The van der Waals surface area contributed by atoms with Crippen LogP contribution in [0, 0.1) is 12.3 Å². The van der Waals surface area contributed by atoms with Crippen LogP contribution in [0.4, 0.5) is 0 Å². The fraction of sp³-hybridized carbons (Fsp3) is 0.769. The topological polar surface area (TPSA) is 65.1 Å². The summed E-state index contributed by atoms with van der Waals surface area (Å²) < 4.78 is 7.29. The Hall–Kier alpha value is -0.620. The van der Waals surface area contributed by atoms with Crippen molar-refractivity contribution in [3.05, 3.63) is 16.4 Å². The van der Waals surface area contributed by atoms with E-state index >= 15 is 0 Å². The molecular formula is C13H25ClN4O. The minimum atomic E-state index is -0.0228. The molecule has 0 saturated carbocycles. The number of aryl methyl sites for hydroxylation is 2. The molecule has 0 fully saturated rings. The van der Waals surface area contributed by atoms with Gasteiger partial charge in [-0.25, -0.2) is 0 Å². The zero-order valence-corrected chi connectivity index (χ0v) is 13.4. The molecule has 0 aliphatic carbocycles. The van der Waals surface area contributed by atoms with Crippen LogP contribution in [0.1, 0.15) is 32.0 Å². The summed E-state index contributed by atoms with van der Waals surface area (Å²) in [4.78, 5) is 0.